The molecule has 0 unspecified atom stereocenters. The van der Waals surface area contributed by atoms with Gasteiger partial charge in [-0.2, -0.15) is 0 Å². The first-order valence-electron chi connectivity index (χ1n) is 8.36. The van der Waals surface area contributed by atoms with Gasteiger partial charge in [0.15, 0.2) is 5.75 Å². The highest BCUT2D eigenvalue weighted by Crippen LogP contribution is 2.35. The maximum Gasteiger partial charge on any atom is 0.253 e. The van der Waals surface area contributed by atoms with Crippen molar-refractivity contribution in [3.05, 3.63) is 53.6 Å². The Bertz CT molecular complexity index is 818. The first-order valence-corrected chi connectivity index (χ1v) is 8.74. The zero-order chi connectivity index (χ0) is 18.0. The lowest BCUT2D eigenvalue weighted by atomic mass is 9.88. The zero-order valence-electron chi connectivity index (χ0n) is 14.0. The predicted octanol–water partition coefficient (Wildman–Crippen LogP) is 2.92. The van der Waals surface area contributed by atoms with Gasteiger partial charge in [0.2, 0.25) is 5.90 Å². The molecule has 0 saturated carbocycles. The molecule has 0 bridgehead atoms. The molecule has 2 aliphatic rings. The molecule has 0 radical (unpaired) electrons. The minimum atomic E-state index is -0.401. The summed E-state index contributed by atoms with van der Waals surface area (Å²) in [5.41, 5.74) is 0.240. The van der Waals surface area contributed by atoms with E-state index in [1.54, 1.807) is 36.7 Å². The number of nitrogens with zero attached hydrogens (tertiary/aromatic N) is 4. The number of rotatable bonds is 2. The van der Waals surface area contributed by atoms with Crippen molar-refractivity contribution in [2.75, 3.05) is 13.1 Å². The van der Waals surface area contributed by atoms with Gasteiger partial charge in [-0.1, -0.05) is 16.8 Å². The molecular weight excluding hydrogens is 356 g/mol. The predicted molar refractivity (Wildman–Crippen MR) is 95.1 cm³/mol. The number of carbonyl (C=O) groups excluding carboxylic acids is 1. The van der Waals surface area contributed by atoms with Crippen LogP contribution in [0.4, 0.5) is 0 Å². The van der Waals surface area contributed by atoms with Gasteiger partial charge in [-0.3, -0.25) is 4.79 Å². The second-order valence-corrected chi connectivity index (χ2v) is 6.85. The molecule has 2 aromatic rings. The number of hydrogen-bond donors (Lipinski definition) is 0. The third-order valence-corrected chi connectivity index (χ3v) is 4.89. The van der Waals surface area contributed by atoms with E-state index in [1.807, 2.05) is 4.90 Å². The molecule has 1 spiro atoms. The average Bonchev–Trinajstić information content (AvgIpc) is 3.05. The Hall–Kier alpha value is -2.67. The van der Waals surface area contributed by atoms with Gasteiger partial charge in [-0.25, -0.2) is 9.97 Å². The largest absolute Gasteiger partial charge is 0.436 e. The highest BCUT2D eigenvalue weighted by molar-refractivity contribution is 6.30. The first-order chi connectivity index (χ1) is 12.6. The molecule has 0 N–H and O–H groups in total. The van der Waals surface area contributed by atoms with Crippen LogP contribution in [0.25, 0.3) is 0 Å². The van der Waals surface area contributed by atoms with Crippen molar-refractivity contribution < 1.29 is 14.4 Å². The molecule has 7 nitrogen and oxygen atoms in total. The summed E-state index contributed by atoms with van der Waals surface area (Å²) in [5.74, 6) is 1.05. The van der Waals surface area contributed by atoms with E-state index in [1.165, 1.54) is 6.33 Å². The monoisotopic (exact) mass is 372 g/mol. The van der Waals surface area contributed by atoms with Crippen LogP contribution in [-0.2, 0) is 4.84 Å². The quantitative estimate of drug-likeness (QED) is 0.810. The van der Waals surface area contributed by atoms with E-state index < -0.39 is 5.60 Å². The van der Waals surface area contributed by atoms with Crippen LogP contribution in [0.15, 0.2) is 48.1 Å². The van der Waals surface area contributed by atoms with E-state index >= 15 is 0 Å². The topological polar surface area (TPSA) is 76.9 Å². The summed E-state index contributed by atoms with van der Waals surface area (Å²) in [4.78, 5) is 27.9. The molecule has 1 aromatic heterocycles. The highest BCUT2D eigenvalue weighted by Gasteiger charge is 2.44. The van der Waals surface area contributed by atoms with Crippen molar-refractivity contribution in [3.63, 3.8) is 0 Å². The summed E-state index contributed by atoms with van der Waals surface area (Å²) in [7, 11) is 0. The Morgan fingerprint density at radius 2 is 1.85 bits per heavy atom. The summed E-state index contributed by atoms with van der Waals surface area (Å²) in [6, 6.07) is 6.95. The summed E-state index contributed by atoms with van der Waals surface area (Å²) in [5, 5.41) is 4.68. The zero-order valence-corrected chi connectivity index (χ0v) is 14.7. The van der Waals surface area contributed by atoms with Gasteiger partial charge < -0.3 is 14.5 Å². The van der Waals surface area contributed by atoms with E-state index in [9.17, 15) is 4.79 Å². The molecule has 4 rings (SSSR count). The van der Waals surface area contributed by atoms with Crippen LogP contribution in [0, 0.1) is 0 Å². The lowest BCUT2D eigenvalue weighted by molar-refractivity contribution is -0.0568. The fourth-order valence-electron chi connectivity index (χ4n) is 3.18. The number of oxime groups is 1. The van der Waals surface area contributed by atoms with Gasteiger partial charge in [-0.05, 0) is 24.3 Å². The van der Waals surface area contributed by atoms with Gasteiger partial charge in [0.1, 0.15) is 11.9 Å². The van der Waals surface area contributed by atoms with Crippen molar-refractivity contribution >= 4 is 23.4 Å². The van der Waals surface area contributed by atoms with Crippen LogP contribution in [0.3, 0.4) is 0 Å². The Morgan fingerprint density at radius 1 is 1.15 bits per heavy atom. The van der Waals surface area contributed by atoms with Crippen molar-refractivity contribution in [2.45, 2.75) is 24.9 Å². The highest BCUT2D eigenvalue weighted by atomic mass is 35.5. The maximum absolute atomic E-state index is 12.6. The average molecular weight is 373 g/mol. The molecule has 8 heteroatoms. The molecule has 26 heavy (non-hydrogen) atoms. The second-order valence-electron chi connectivity index (χ2n) is 6.41. The number of aromatic nitrogens is 2. The Labute approximate surface area is 155 Å². The number of halogens is 1. The molecule has 134 valence electrons. The number of benzene rings is 1. The third-order valence-electron chi connectivity index (χ3n) is 4.64. The fourth-order valence-corrected chi connectivity index (χ4v) is 3.30. The van der Waals surface area contributed by atoms with Gasteiger partial charge in [0, 0.05) is 36.5 Å². The van der Waals surface area contributed by atoms with Gasteiger partial charge in [0.25, 0.3) is 5.91 Å². The lowest BCUT2D eigenvalue weighted by Crippen LogP contribution is -2.47. The number of likely N-dealkylation sites (tertiary alicyclic amines) is 1. The normalized spacial score (nSPS) is 18.3. The lowest BCUT2D eigenvalue weighted by Gasteiger charge is -2.37. The van der Waals surface area contributed by atoms with Gasteiger partial charge in [0.05, 0.1) is 18.8 Å². The molecule has 1 amide bonds. The first kappa shape index (κ1) is 16.8. The molecule has 2 aliphatic heterocycles. The van der Waals surface area contributed by atoms with Crippen LogP contribution in [0.1, 0.15) is 29.6 Å². The molecule has 1 fully saturated rings. The van der Waals surface area contributed by atoms with Crippen LogP contribution < -0.4 is 4.74 Å². The van der Waals surface area contributed by atoms with E-state index in [4.69, 9.17) is 21.2 Å². The second kappa shape index (κ2) is 6.92. The molecule has 0 aliphatic carbocycles. The molecule has 1 aromatic carbocycles. The van der Waals surface area contributed by atoms with E-state index in [-0.39, 0.29) is 5.91 Å². The number of piperidine rings is 1. The Kier molecular flexibility index (Phi) is 4.46. The Balaban J connectivity index is 1.34. The maximum atomic E-state index is 12.6. The van der Waals surface area contributed by atoms with Crippen LogP contribution in [0.2, 0.25) is 5.02 Å². The van der Waals surface area contributed by atoms with Gasteiger partial charge in [-0.15, -0.1) is 0 Å². The van der Waals surface area contributed by atoms with E-state index in [0.717, 1.165) is 0 Å². The number of amides is 1. The van der Waals surface area contributed by atoms with Crippen LogP contribution in [0.5, 0.6) is 5.75 Å². The number of hydrogen-bond acceptors (Lipinski definition) is 6. The molecule has 3 heterocycles. The van der Waals surface area contributed by atoms with Crippen LogP contribution in [-0.4, -0.2) is 45.4 Å². The van der Waals surface area contributed by atoms with Crippen LogP contribution >= 0.6 is 11.6 Å². The van der Waals surface area contributed by atoms with Crippen molar-refractivity contribution in [1.29, 1.82) is 0 Å². The fraction of sp³-hybridized carbons (Fsp3) is 0.333. The molecule has 1 saturated heterocycles. The number of carbonyl (C=O) groups is 1. The van der Waals surface area contributed by atoms with E-state index in [2.05, 4.69) is 15.1 Å². The summed E-state index contributed by atoms with van der Waals surface area (Å²) < 4.78 is 5.66. The Morgan fingerprint density at radius 3 is 2.54 bits per heavy atom. The van der Waals surface area contributed by atoms with Crippen molar-refractivity contribution in [1.82, 2.24) is 14.9 Å². The molecular formula is C18H17ClN4O3. The van der Waals surface area contributed by atoms with E-state index in [0.29, 0.717) is 54.6 Å². The number of ether oxygens (including phenoxy) is 1. The summed E-state index contributed by atoms with van der Waals surface area (Å²) in [6.07, 6.45) is 6.57. The SMILES string of the molecule is O=C(c1ccc(Cl)cc1)N1CCC2(CC1)CC(Oc1cncnc1)=NO2. The summed E-state index contributed by atoms with van der Waals surface area (Å²) in [6.45, 7) is 1.22. The van der Waals surface area contributed by atoms with Crippen molar-refractivity contribution in [2.24, 2.45) is 5.16 Å². The smallest absolute Gasteiger partial charge is 0.253 e. The molecule has 0 atom stereocenters. The summed E-state index contributed by atoms with van der Waals surface area (Å²) >= 11 is 5.88. The minimum Gasteiger partial charge on any atom is -0.436 e. The van der Waals surface area contributed by atoms with Crippen molar-refractivity contribution in [3.8, 4) is 5.75 Å². The third kappa shape index (κ3) is 3.48. The standard InChI is InChI=1S/C18H17ClN4O3/c19-14-3-1-13(2-4-14)17(24)23-7-5-18(6-8-23)9-16(22-26-18)25-15-10-20-12-21-11-15/h1-4,10-12H,5-9H2. The minimum absolute atomic E-state index is 0.00772. The van der Waals surface area contributed by atoms with Gasteiger partial charge >= 0.3 is 0 Å².